The van der Waals surface area contributed by atoms with Gasteiger partial charge in [0.1, 0.15) is 0 Å². The van der Waals surface area contributed by atoms with Crippen molar-refractivity contribution in [3.05, 3.63) is 0 Å². The van der Waals surface area contributed by atoms with Gasteiger partial charge in [-0.2, -0.15) is 0 Å². The molecule has 1 atom stereocenters. The molecule has 3 heteroatoms. The summed E-state index contributed by atoms with van der Waals surface area (Å²) < 4.78 is 0.0117. The molecule has 0 rings (SSSR count). The molecule has 0 saturated carbocycles. The van der Waals surface area contributed by atoms with Gasteiger partial charge < -0.3 is 5.73 Å². The van der Waals surface area contributed by atoms with E-state index in [2.05, 4.69) is 0 Å². The van der Waals surface area contributed by atoms with Crippen LogP contribution in [0.25, 0.3) is 0 Å². The number of alkyl halides is 1. The van der Waals surface area contributed by atoms with E-state index >= 15 is 0 Å². The maximum Gasteiger partial charge on any atom is 0.230 e. The fraction of sp³-hybridized carbons (Fsp3) is 0.750. The maximum atomic E-state index is 10.1. The molecule has 2 nitrogen and oxygen atoms in total. The van der Waals surface area contributed by atoms with E-state index in [1.807, 2.05) is 29.5 Å². The van der Waals surface area contributed by atoms with E-state index in [0.717, 1.165) is 6.42 Å². The van der Waals surface area contributed by atoms with Gasteiger partial charge in [-0.3, -0.25) is 4.79 Å². The number of carbonyl (C=O) groups is 1. The highest BCUT2D eigenvalue weighted by Crippen LogP contribution is 2.01. The first-order valence-electron chi connectivity index (χ1n) is 2.12. The summed E-state index contributed by atoms with van der Waals surface area (Å²) >= 11 is 2.02. The highest BCUT2D eigenvalue weighted by atomic mass is 127. The summed E-state index contributed by atoms with van der Waals surface area (Å²) in [7, 11) is 0. The van der Waals surface area contributed by atoms with E-state index in [-0.39, 0.29) is 9.83 Å². The number of primary amides is 1. The number of rotatable bonds is 2. The van der Waals surface area contributed by atoms with Gasteiger partial charge in [-0.05, 0) is 6.42 Å². The third-order valence-electron chi connectivity index (χ3n) is 0.667. The minimum atomic E-state index is -0.219. The highest BCUT2D eigenvalue weighted by Gasteiger charge is 2.04. The molecule has 0 aliphatic carbocycles. The van der Waals surface area contributed by atoms with Crippen LogP contribution in [0.15, 0.2) is 0 Å². The first-order chi connectivity index (χ1) is 3.18. The molecule has 42 valence electrons. The molecule has 0 heterocycles. The lowest BCUT2D eigenvalue weighted by molar-refractivity contribution is -0.117. The van der Waals surface area contributed by atoms with Crippen LogP contribution in [0.2, 0.25) is 0 Å². The molecule has 0 unspecified atom stereocenters. The Morgan fingerprint density at radius 1 is 2.00 bits per heavy atom. The second-order valence-electron chi connectivity index (χ2n) is 1.28. The normalized spacial score (nSPS) is 13.4. The van der Waals surface area contributed by atoms with Gasteiger partial charge >= 0.3 is 0 Å². The second-order valence-corrected chi connectivity index (χ2v) is 2.78. The number of carbonyl (C=O) groups excluding carboxylic acids is 1. The summed E-state index contributed by atoms with van der Waals surface area (Å²) in [4.78, 5) is 10.1. The van der Waals surface area contributed by atoms with E-state index in [9.17, 15) is 4.79 Å². The standard InChI is InChI=1S/C4H8INO/c1-2-3(5)4(6)7/h3H,2H2,1H3,(H2,6,7)/t3-/m1/s1. The first kappa shape index (κ1) is 7.20. The van der Waals surface area contributed by atoms with Gasteiger partial charge in [0.25, 0.3) is 0 Å². The van der Waals surface area contributed by atoms with Crippen molar-refractivity contribution >= 4 is 28.5 Å². The van der Waals surface area contributed by atoms with Crippen molar-refractivity contribution in [2.24, 2.45) is 5.73 Å². The third kappa shape index (κ3) is 2.85. The van der Waals surface area contributed by atoms with E-state index in [0.29, 0.717) is 0 Å². The summed E-state index contributed by atoms with van der Waals surface area (Å²) in [6.45, 7) is 1.93. The van der Waals surface area contributed by atoms with Crippen LogP contribution in [0, 0.1) is 0 Å². The molecule has 0 aliphatic heterocycles. The number of amides is 1. The Kier molecular flexibility index (Phi) is 3.33. The van der Waals surface area contributed by atoms with Crippen LogP contribution in [0.3, 0.4) is 0 Å². The Hall–Kier alpha value is 0.200. The SMILES string of the molecule is CC[C@@H](I)C(N)=O. The number of hydrogen-bond acceptors (Lipinski definition) is 1. The van der Waals surface area contributed by atoms with Gasteiger partial charge in [0.2, 0.25) is 5.91 Å². The second kappa shape index (κ2) is 3.23. The Bertz CT molecular complexity index is 74.1. The molecule has 0 spiro atoms. The minimum absolute atomic E-state index is 0.0117. The zero-order chi connectivity index (χ0) is 5.86. The van der Waals surface area contributed by atoms with Crippen LogP contribution in [-0.2, 0) is 4.79 Å². The molecule has 0 saturated heterocycles. The van der Waals surface area contributed by atoms with E-state index in [1.54, 1.807) is 0 Å². The molecule has 0 radical (unpaired) electrons. The zero-order valence-corrected chi connectivity index (χ0v) is 6.31. The predicted molar refractivity (Wildman–Crippen MR) is 37.3 cm³/mol. The summed E-state index contributed by atoms with van der Waals surface area (Å²) in [6.07, 6.45) is 0.829. The minimum Gasteiger partial charge on any atom is -0.369 e. The van der Waals surface area contributed by atoms with Gasteiger partial charge in [-0.25, -0.2) is 0 Å². The quantitative estimate of drug-likeness (QED) is 0.532. The monoisotopic (exact) mass is 213 g/mol. The highest BCUT2D eigenvalue weighted by molar-refractivity contribution is 14.1. The molecule has 0 aliphatic rings. The molecule has 0 fully saturated rings. The fourth-order valence-corrected chi connectivity index (χ4v) is 0.201. The number of nitrogens with two attached hydrogens (primary N) is 1. The Labute approximate surface area is 56.6 Å². The fourth-order valence-electron chi connectivity index (χ4n) is 0.201. The topological polar surface area (TPSA) is 43.1 Å². The van der Waals surface area contributed by atoms with E-state index in [1.165, 1.54) is 0 Å². The Morgan fingerprint density at radius 2 is 2.43 bits per heavy atom. The Balaban J connectivity index is 3.34. The van der Waals surface area contributed by atoms with Crippen molar-refractivity contribution in [3.8, 4) is 0 Å². The van der Waals surface area contributed by atoms with Crippen LogP contribution in [-0.4, -0.2) is 9.83 Å². The van der Waals surface area contributed by atoms with E-state index < -0.39 is 0 Å². The van der Waals surface area contributed by atoms with Crippen LogP contribution >= 0.6 is 22.6 Å². The molecule has 1 amide bonds. The smallest absolute Gasteiger partial charge is 0.230 e. The van der Waals surface area contributed by atoms with Crippen molar-refractivity contribution in [1.82, 2.24) is 0 Å². The number of halogens is 1. The molecular weight excluding hydrogens is 205 g/mol. The summed E-state index contributed by atoms with van der Waals surface area (Å²) in [6, 6.07) is 0. The summed E-state index contributed by atoms with van der Waals surface area (Å²) in [5, 5.41) is 0. The van der Waals surface area contributed by atoms with E-state index in [4.69, 9.17) is 5.73 Å². The zero-order valence-electron chi connectivity index (χ0n) is 4.15. The third-order valence-corrected chi connectivity index (χ3v) is 2.16. The van der Waals surface area contributed by atoms with Crippen molar-refractivity contribution in [1.29, 1.82) is 0 Å². The molecule has 0 bridgehead atoms. The lowest BCUT2D eigenvalue weighted by Crippen LogP contribution is -2.21. The van der Waals surface area contributed by atoms with Crippen LogP contribution in [0.4, 0.5) is 0 Å². The lowest BCUT2D eigenvalue weighted by Gasteiger charge is -1.95. The van der Waals surface area contributed by atoms with Crippen LogP contribution < -0.4 is 5.73 Å². The molecule has 0 aromatic heterocycles. The first-order valence-corrected chi connectivity index (χ1v) is 3.36. The number of hydrogen-bond donors (Lipinski definition) is 1. The van der Waals surface area contributed by atoms with Crippen molar-refractivity contribution in [2.75, 3.05) is 0 Å². The van der Waals surface area contributed by atoms with Gasteiger partial charge in [-0.1, -0.05) is 29.5 Å². The van der Waals surface area contributed by atoms with Crippen molar-refractivity contribution in [2.45, 2.75) is 17.3 Å². The Morgan fingerprint density at radius 3 is 2.43 bits per heavy atom. The molecular formula is C4H8INO. The van der Waals surface area contributed by atoms with Gasteiger partial charge in [-0.15, -0.1) is 0 Å². The molecule has 2 N–H and O–H groups in total. The van der Waals surface area contributed by atoms with Crippen molar-refractivity contribution in [3.63, 3.8) is 0 Å². The summed E-state index contributed by atoms with van der Waals surface area (Å²) in [5.74, 6) is -0.219. The molecule has 7 heavy (non-hydrogen) atoms. The van der Waals surface area contributed by atoms with Gasteiger partial charge in [0.05, 0.1) is 3.92 Å². The average Bonchev–Trinajstić information content (AvgIpc) is 1.65. The molecule has 0 aromatic rings. The average molecular weight is 213 g/mol. The van der Waals surface area contributed by atoms with Gasteiger partial charge in [0, 0.05) is 0 Å². The molecule has 0 aromatic carbocycles. The summed E-state index contributed by atoms with van der Waals surface area (Å²) in [5.41, 5.74) is 4.90. The lowest BCUT2D eigenvalue weighted by atomic mass is 10.3. The maximum absolute atomic E-state index is 10.1. The van der Waals surface area contributed by atoms with Crippen LogP contribution in [0.5, 0.6) is 0 Å². The van der Waals surface area contributed by atoms with Gasteiger partial charge in [0.15, 0.2) is 0 Å². The predicted octanol–water partition coefficient (Wildman–Crippen LogP) is 0.685. The van der Waals surface area contributed by atoms with Crippen molar-refractivity contribution < 1.29 is 4.79 Å². The van der Waals surface area contributed by atoms with Crippen LogP contribution in [0.1, 0.15) is 13.3 Å². The largest absolute Gasteiger partial charge is 0.369 e.